The van der Waals surface area contributed by atoms with Crippen LogP contribution in [0.1, 0.15) is 52.5 Å². The van der Waals surface area contributed by atoms with E-state index in [1.165, 1.54) is 7.11 Å². The van der Waals surface area contributed by atoms with Gasteiger partial charge in [0.2, 0.25) is 0 Å². The van der Waals surface area contributed by atoms with Crippen molar-refractivity contribution in [2.45, 2.75) is 32.6 Å². The molecule has 0 saturated carbocycles. The number of halogens is 2. The molecule has 0 aliphatic heterocycles. The molecule has 0 spiro atoms. The van der Waals surface area contributed by atoms with Crippen LogP contribution in [0.3, 0.4) is 0 Å². The van der Waals surface area contributed by atoms with Crippen LogP contribution < -0.4 is 14.8 Å². The van der Waals surface area contributed by atoms with Crippen molar-refractivity contribution in [3.05, 3.63) is 68.8 Å². The zero-order valence-corrected chi connectivity index (χ0v) is 19.5. The van der Waals surface area contributed by atoms with Crippen molar-refractivity contribution in [3.63, 3.8) is 0 Å². The number of ketones is 1. The fourth-order valence-corrected chi connectivity index (χ4v) is 3.39. The van der Waals surface area contributed by atoms with Crippen LogP contribution in [-0.2, 0) is 6.42 Å². The summed E-state index contributed by atoms with van der Waals surface area (Å²) in [4.78, 5) is 24.2. The van der Waals surface area contributed by atoms with Crippen molar-refractivity contribution in [2.24, 2.45) is 0 Å². The van der Waals surface area contributed by atoms with Gasteiger partial charge in [-0.25, -0.2) is 0 Å². The van der Waals surface area contributed by atoms with Gasteiger partial charge >= 0.3 is 0 Å². The van der Waals surface area contributed by atoms with Gasteiger partial charge < -0.3 is 14.8 Å². The molecule has 2 aromatic rings. The molecule has 7 heteroatoms. The smallest absolute Gasteiger partial charge is 0.187 e. The molecule has 2 rings (SSSR count). The Hall–Kier alpha value is -2.50. The molecule has 0 amide bonds. The number of unbranched alkanes of at least 4 members (excludes halogenated alkanes) is 1. The Morgan fingerprint density at radius 1 is 1.06 bits per heavy atom. The van der Waals surface area contributed by atoms with Gasteiger partial charge in [-0.3, -0.25) is 9.59 Å². The van der Waals surface area contributed by atoms with E-state index in [0.29, 0.717) is 45.6 Å². The van der Waals surface area contributed by atoms with Crippen LogP contribution in [0.4, 0.5) is 0 Å². The molecule has 0 unspecified atom stereocenters. The Morgan fingerprint density at radius 3 is 2.39 bits per heavy atom. The molecule has 0 aliphatic rings. The van der Waals surface area contributed by atoms with E-state index in [-0.39, 0.29) is 5.78 Å². The van der Waals surface area contributed by atoms with Gasteiger partial charge in [-0.15, -0.1) is 0 Å². The number of hydrogen-bond donors (Lipinski definition) is 1. The highest BCUT2D eigenvalue weighted by Gasteiger charge is 2.12. The van der Waals surface area contributed by atoms with E-state index in [1.807, 2.05) is 0 Å². The van der Waals surface area contributed by atoms with E-state index < -0.39 is 0 Å². The number of allylic oxidation sites excluding steroid dienone is 2. The first kappa shape index (κ1) is 24.8. The molecule has 5 nitrogen and oxygen atoms in total. The van der Waals surface area contributed by atoms with Gasteiger partial charge in [0.05, 0.1) is 24.3 Å². The SMILES string of the molecule is CCCC/C(=C/C(=O)c1ccc(Cl)c(Cl)c1)NCCc1cc(OC)c(OC)cc1C=O. The average molecular weight is 464 g/mol. The highest BCUT2D eigenvalue weighted by molar-refractivity contribution is 6.42. The minimum atomic E-state index is -0.142. The van der Waals surface area contributed by atoms with Gasteiger partial charge in [-0.05, 0) is 55.2 Å². The molecule has 0 bridgehead atoms. The minimum absolute atomic E-state index is 0.142. The lowest BCUT2D eigenvalue weighted by Gasteiger charge is -2.14. The molecule has 0 atom stereocenters. The third-order valence-electron chi connectivity index (χ3n) is 4.83. The van der Waals surface area contributed by atoms with Crippen LogP contribution in [0.15, 0.2) is 42.1 Å². The molecular weight excluding hydrogens is 437 g/mol. The van der Waals surface area contributed by atoms with Crippen LogP contribution in [-0.4, -0.2) is 32.8 Å². The zero-order valence-electron chi connectivity index (χ0n) is 18.0. The predicted octanol–water partition coefficient (Wildman–Crippen LogP) is 5.91. The predicted molar refractivity (Wildman–Crippen MR) is 125 cm³/mol. The van der Waals surface area contributed by atoms with Crippen molar-refractivity contribution >= 4 is 35.3 Å². The topological polar surface area (TPSA) is 64.6 Å². The number of nitrogens with one attached hydrogen (secondary N) is 1. The van der Waals surface area contributed by atoms with Crippen molar-refractivity contribution in [2.75, 3.05) is 20.8 Å². The largest absolute Gasteiger partial charge is 0.493 e. The first-order valence-corrected chi connectivity index (χ1v) is 10.8. The monoisotopic (exact) mass is 463 g/mol. The normalized spacial score (nSPS) is 11.2. The summed E-state index contributed by atoms with van der Waals surface area (Å²) < 4.78 is 10.6. The summed E-state index contributed by atoms with van der Waals surface area (Å²) in [5.41, 5.74) is 2.70. The van der Waals surface area contributed by atoms with Gasteiger partial charge in [0.1, 0.15) is 6.29 Å². The third kappa shape index (κ3) is 7.01. The first-order chi connectivity index (χ1) is 14.9. The Bertz CT molecular complexity index is 957. The molecule has 0 saturated heterocycles. The molecule has 0 aliphatic carbocycles. The number of carbonyl (C=O) groups excluding carboxylic acids is 2. The Balaban J connectivity index is 2.14. The number of aldehydes is 1. The minimum Gasteiger partial charge on any atom is -0.493 e. The van der Waals surface area contributed by atoms with Crippen LogP contribution in [0.2, 0.25) is 10.0 Å². The summed E-state index contributed by atoms with van der Waals surface area (Å²) in [5, 5.41) is 4.10. The zero-order chi connectivity index (χ0) is 22.8. The van der Waals surface area contributed by atoms with Gasteiger partial charge in [0, 0.05) is 29.4 Å². The molecule has 2 aromatic carbocycles. The molecule has 166 valence electrons. The third-order valence-corrected chi connectivity index (χ3v) is 5.57. The van der Waals surface area contributed by atoms with Crippen LogP contribution in [0, 0.1) is 0 Å². The maximum atomic E-state index is 12.7. The number of methoxy groups -OCH3 is 2. The lowest BCUT2D eigenvalue weighted by atomic mass is 10.0. The Morgan fingerprint density at radius 2 is 1.77 bits per heavy atom. The molecule has 0 fully saturated rings. The maximum Gasteiger partial charge on any atom is 0.187 e. The second-order valence-electron chi connectivity index (χ2n) is 6.97. The van der Waals surface area contributed by atoms with E-state index in [1.54, 1.807) is 43.5 Å². The quantitative estimate of drug-likeness (QED) is 0.240. The number of ether oxygens (including phenoxy) is 2. The summed E-state index contributed by atoms with van der Waals surface area (Å²) in [5.74, 6) is 0.938. The van der Waals surface area contributed by atoms with E-state index in [9.17, 15) is 9.59 Å². The lowest BCUT2D eigenvalue weighted by Crippen LogP contribution is -2.19. The average Bonchev–Trinajstić information content (AvgIpc) is 2.78. The summed E-state index contributed by atoms with van der Waals surface area (Å²) in [6.45, 7) is 2.65. The van der Waals surface area contributed by atoms with E-state index in [2.05, 4.69) is 12.2 Å². The summed E-state index contributed by atoms with van der Waals surface area (Å²) >= 11 is 12.0. The lowest BCUT2D eigenvalue weighted by molar-refractivity contribution is 0.104. The van der Waals surface area contributed by atoms with E-state index in [4.69, 9.17) is 32.7 Å². The Kier molecular flexibility index (Phi) is 9.89. The number of hydrogen-bond acceptors (Lipinski definition) is 5. The number of benzene rings is 2. The fourth-order valence-electron chi connectivity index (χ4n) is 3.09. The van der Waals surface area contributed by atoms with E-state index in [0.717, 1.165) is 36.8 Å². The second-order valence-corrected chi connectivity index (χ2v) is 7.78. The van der Waals surface area contributed by atoms with Crippen LogP contribution in [0.25, 0.3) is 0 Å². The van der Waals surface area contributed by atoms with Crippen molar-refractivity contribution in [1.82, 2.24) is 5.32 Å². The summed E-state index contributed by atoms with van der Waals surface area (Å²) in [6.07, 6.45) is 5.69. The molecule has 0 heterocycles. The highest BCUT2D eigenvalue weighted by atomic mass is 35.5. The molecule has 31 heavy (non-hydrogen) atoms. The van der Waals surface area contributed by atoms with Gasteiger partial charge in [0.25, 0.3) is 0 Å². The van der Waals surface area contributed by atoms with E-state index >= 15 is 0 Å². The maximum absolute atomic E-state index is 12.7. The second kappa shape index (κ2) is 12.4. The van der Waals surface area contributed by atoms with Gasteiger partial charge in [0.15, 0.2) is 17.3 Å². The van der Waals surface area contributed by atoms with Crippen molar-refractivity contribution in [3.8, 4) is 11.5 Å². The molecular formula is C24H27Cl2NO4. The molecule has 0 radical (unpaired) electrons. The molecule has 0 aromatic heterocycles. The standard InChI is InChI=1S/C24H27Cl2NO4/c1-4-5-6-19(14-22(29)17-7-8-20(25)21(26)11-17)27-10-9-16-12-23(30-2)24(31-3)13-18(16)15-28/h7-8,11-15,27H,4-6,9-10H2,1-3H3/b19-14-. The number of carbonyl (C=O) groups is 2. The van der Waals surface area contributed by atoms with Crippen LogP contribution >= 0.6 is 23.2 Å². The Labute approximate surface area is 193 Å². The summed E-state index contributed by atoms with van der Waals surface area (Å²) in [6, 6.07) is 8.32. The fraction of sp³-hybridized carbons (Fsp3) is 0.333. The van der Waals surface area contributed by atoms with Gasteiger partial charge in [-0.1, -0.05) is 36.5 Å². The highest BCUT2D eigenvalue weighted by Crippen LogP contribution is 2.30. The summed E-state index contributed by atoms with van der Waals surface area (Å²) in [7, 11) is 3.09. The van der Waals surface area contributed by atoms with Crippen LogP contribution in [0.5, 0.6) is 11.5 Å². The van der Waals surface area contributed by atoms with Crippen molar-refractivity contribution < 1.29 is 19.1 Å². The number of rotatable bonds is 12. The molecule has 1 N–H and O–H groups in total. The van der Waals surface area contributed by atoms with Crippen molar-refractivity contribution in [1.29, 1.82) is 0 Å². The first-order valence-electron chi connectivity index (χ1n) is 10.1. The van der Waals surface area contributed by atoms with Gasteiger partial charge in [-0.2, -0.15) is 0 Å².